The van der Waals surface area contributed by atoms with Crippen LogP contribution in [0.4, 0.5) is 10.1 Å². The number of tetrazole rings is 1. The molecule has 19 heavy (non-hydrogen) atoms. The Bertz CT molecular complexity index is 588. The van der Waals surface area contributed by atoms with Crippen LogP contribution in [0.2, 0.25) is 0 Å². The lowest BCUT2D eigenvalue weighted by molar-refractivity contribution is -0.115. The molecule has 8 heteroatoms. The number of halogens is 1. The third-order valence-electron chi connectivity index (χ3n) is 2.36. The van der Waals surface area contributed by atoms with Crippen molar-refractivity contribution in [2.45, 2.75) is 17.3 Å². The number of thioether (sulfide) groups is 1. The molecule has 1 atom stereocenters. The van der Waals surface area contributed by atoms with Crippen LogP contribution in [-0.4, -0.2) is 31.4 Å². The van der Waals surface area contributed by atoms with Crippen LogP contribution in [0.15, 0.2) is 29.4 Å². The molecule has 0 aliphatic carbocycles. The van der Waals surface area contributed by atoms with Gasteiger partial charge in [0.1, 0.15) is 5.82 Å². The number of carbonyl (C=O) groups excluding carboxylic acids is 1. The largest absolute Gasteiger partial charge is 0.323 e. The number of carbonyl (C=O) groups is 1. The summed E-state index contributed by atoms with van der Waals surface area (Å²) in [7, 11) is 1.68. The first kappa shape index (κ1) is 13.5. The van der Waals surface area contributed by atoms with Gasteiger partial charge in [-0.1, -0.05) is 23.9 Å². The first-order chi connectivity index (χ1) is 9.08. The van der Waals surface area contributed by atoms with Crippen molar-refractivity contribution in [3.05, 3.63) is 30.1 Å². The van der Waals surface area contributed by atoms with Gasteiger partial charge >= 0.3 is 0 Å². The molecule has 0 saturated carbocycles. The van der Waals surface area contributed by atoms with Gasteiger partial charge in [-0.15, -0.1) is 5.10 Å². The number of nitrogens with zero attached hydrogens (tertiary/aromatic N) is 4. The Morgan fingerprint density at radius 1 is 1.47 bits per heavy atom. The summed E-state index contributed by atoms with van der Waals surface area (Å²) < 4.78 is 14.9. The highest BCUT2D eigenvalue weighted by Crippen LogP contribution is 2.21. The number of rotatable bonds is 4. The van der Waals surface area contributed by atoms with E-state index in [0.29, 0.717) is 5.16 Å². The van der Waals surface area contributed by atoms with E-state index >= 15 is 0 Å². The van der Waals surface area contributed by atoms with E-state index in [1.54, 1.807) is 26.1 Å². The summed E-state index contributed by atoms with van der Waals surface area (Å²) in [4.78, 5) is 11.9. The zero-order valence-corrected chi connectivity index (χ0v) is 11.2. The van der Waals surface area contributed by atoms with Crippen LogP contribution in [0.3, 0.4) is 0 Å². The van der Waals surface area contributed by atoms with Crippen molar-refractivity contribution in [3.63, 3.8) is 0 Å². The summed E-state index contributed by atoms with van der Waals surface area (Å²) in [5, 5.41) is 13.5. The molecule has 2 rings (SSSR count). The molecule has 0 aliphatic heterocycles. The number of aryl methyl sites for hydroxylation is 1. The van der Waals surface area contributed by atoms with Crippen LogP contribution in [0, 0.1) is 5.82 Å². The molecule has 1 N–H and O–H groups in total. The van der Waals surface area contributed by atoms with Gasteiger partial charge in [0.15, 0.2) is 0 Å². The van der Waals surface area contributed by atoms with E-state index in [1.807, 2.05) is 0 Å². The van der Waals surface area contributed by atoms with Gasteiger partial charge < -0.3 is 5.32 Å². The fourth-order valence-electron chi connectivity index (χ4n) is 1.33. The Morgan fingerprint density at radius 2 is 2.21 bits per heavy atom. The van der Waals surface area contributed by atoms with Gasteiger partial charge in [0, 0.05) is 7.05 Å². The lowest BCUT2D eigenvalue weighted by Crippen LogP contribution is -2.23. The fraction of sp³-hybridized carbons (Fsp3) is 0.273. The van der Waals surface area contributed by atoms with Gasteiger partial charge in [-0.3, -0.25) is 4.79 Å². The predicted molar refractivity (Wildman–Crippen MR) is 69.1 cm³/mol. The molecule has 1 amide bonds. The maximum Gasteiger partial charge on any atom is 0.237 e. The summed E-state index contributed by atoms with van der Waals surface area (Å²) in [6.07, 6.45) is 0. The van der Waals surface area contributed by atoms with Crippen molar-refractivity contribution in [3.8, 4) is 0 Å². The average Bonchev–Trinajstić information content (AvgIpc) is 2.78. The minimum absolute atomic E-state index is 0.163. The quantitative estimate of drug-likeness (QED) is 0.859. The Morgan fingerprint density at radius 3 is 2.84 bits per heavy atom. The van der Waals surface area contributed by atoms with Gasteiger partial charge in [-0.05, 0) is 29.5 Å². The van der Waals surface area contributed by atoms with E-state index in [0.717, 1.165) is 0 Å². The van der Waals surface area contributed by atoms with Crippen LogP contribution in [0.25, 0.3) is 0 Å². The van der Waals surface area contributed by atoms with Crippen molar-refractivity contribution in [1.82, 2.24) is 20.2 Å². The van der Waals surface area contributed by atoms with Crippen molar-refractivity contribution in [2.24, 2.45) is 7.05 Å². The third-order valence-corrected chi connectivity index (χ3v) is 3.49. The average molecular weight is 281 g/mol. The minimum atomic E-state index is -0.464. The summed E-state index contributed by atoms with van der Waals surface area (Å²) >= 11 is 1.20. The number of amides is 1. The third kappa shape index (κ3) is 3.28. The molecular formula is C11H12FN5OS. The number of para-hydroxylation sites is 1. The Balaban J connectivity index is 2.00. The standard InChI is InChI=1S/C11H12FN5OS/c1-7(19-11-14-15-16-17(11)2)10(18)13-9-6-4-3-5-8(9)12/h3-7H,1-2H3,(H,13,18)/t7-/m0/s1. The lowest BCUT2D eigenvalue weighted by atomic mass is 10.3. The molecule has 0 radical (unpaired) electrons. The Hall–Kier alpha value is -1.96. The maximum atomic E-state index is 13.4. The monoisotopic (exact) mass is 281 g/mol. The van der Waals surface area contributed by atoms with Crippen molar-refractivity contribution in [2.75, 3.05) is 5.32 Å². The first-order valence-electron chi connectivity index (χ1n) is 5.52. The van der Waals surface area contributed by atoms with Crippen molar-refractivity contribution < 1.29 is 9.18 Å². The van der Waals surface area contributed by atoms with Crippen molar-refractivity contribution >= 4 is 23.4 Å². The second-order valence-electron chi connectivity index (χ2n) is 3.81. The second-order valence-corrected chi connectivity index (χ2v) is 5.12. The molecule has 0 fully saturated rings. The first-order valence-corrected chi connectivity index (χ1v) is 6.40. The van der Waals surface area contributed by atoms with E-state index in [2.05, 4.69) is 20.8 Å². The topological polar surface area (TPSA) is 72.7 Å². The molecule has 1 aromatic carbocycles. The SMILES string of the molecule is C[C@H](Sc1nnnn1C)C(=O)Nc1ccccc1F. The Labute approximate surface area is 113 Å². The molecule has 0 aliphatic rings. The van der Waals surface area contributed by atoms with Crippen LogP contribution >= 0.6 is 11.8 Å². The molecule has 1 heterocycles. The molecule has 0 unspecified atom stereocenters. The molecule has 1 aromatic heterocycles. The van der Waals surface area contributed by atoms with Crippen LogP contribution < -0.4 is 5.32 Å². The summed E-state index contributed by atoms with van der Waals surface area (Å²) in [5.74, 6) is -0.772. The molecule has 6 nitrogen and oxygen atoms in total. The number of benzene rings is 1. The van der Waals surface area contributed by atoms with Crippen LogP contribution in [-0.2, 0) is 11.8 Å². The second kappa shape index (κ2) is 5.79. The fourth-order valence-corrected chi connectivity index (χ4v) is 2.08. The normalized spacial score (nSPS) is 12.2. The number of hydrogen-bond donors (Lipinski definition) is 1. The van der Waals surface area contributed by atoms with Crippen molar-refractivity contribution in [1.29, 1.82) is 0 Å². The molecule has 0 bridgehead atoms. The highest BCUT2D eigenvalue weighted by Gasteiger charge is 2.18. The van der Waals surface area contributed by atoms with E-state index in [1.165, 1.54) is 28.6 Å². The highest BCUT2D eigenvalue weighted by atomic mass is 32.2. The maximum absolute atomic E-state index is 13.4. The summed E-state index contributed by atoms with van der Waals surface area (Å²) in [6, 6.07) is 6.02. The minimum Gasteiger partial charge on any atom is -0.323 e. The smallest absolute Gasteiger partial charge is 0.237 e. The van der Waals surface area contributed by atoms with E-state index in [4.69, 9.17) is 0 Å². The van der Waals surface area contributed by atoms with E-state index in [9.17, 15) is 9.18 Å². The van der Waals surface area contributed by atoms with E-state index in [-0.39, 0.29) is 11.6 Å². The Kier molecular flexibility index (Phi) is 4.10. The van der Waals surface area contributed by atoms with Gasteiger partial charge in [-0.2, -0.15) is 0 Å². The zero-order chi connectivity index (χ0) is 13.8. The number of aromatic nitrogens is 4. The number of hydrogen-bond acceptors (Lipinski definition) is 5. The zero-order valence-electron chi connectivity index (χ0n) is 10.4. The number of anilines is 1. The molecule has 100 valence electrons. The van der Waals surface area contributed by atoms with Gasteiger partial charge in [0.25, 0.3) is 0 Å². The van der Waals surface area contributed by atoms with Gasteiger partial charge in [-0.25, -0.2) is 9.07 Å². The number of nitrogens with one attached hydrogen (secondary N) is 1. The van der Waals surface area contributed by atoms with Gasteiger partial charge in [0.2, 0.25) is 11.1 Å². The molecule has 2 aromatic rings. The lowest BCUT2D eigenvalue weighted by Gasteiger charge is -2.11. The van der Waals surface area contributed by atoms with Crippen LogP contribution in [0.1, 0.15) is 6.92 Å². The highest BCUT2D eigenvalue weighted by molar-refractivity contribution is 8.00. The van der Waals surface area contributed by atoms with Crippen LogP contribution in [0.5, 0.6) is 0 Å². The summed E-state index contributed by atoms with van der Waals surface area (Å²) in [6.45, 7) is 1.70. The van der Waals surface area contributed by atoms with Gasteiger partial charge in [0.05, 0.1) is 10.9 Å². The molecule has 0 saturated heterocycles. The molecular weight excluding hydrogens is 269 g/mol. The predicted octanol–water partition coefficient (Wildman–Crippen LogP) is 1.47. The summed E-state index contributed by atoms with van der Waals surface area (Å²) in [5.41, 5.74) is 0.163. The van der Waals surface area contributed by atoms with E-state index < -0.39 is 11.1 Å². The molecule has 0 spiro atoms.